The first kappa shape index (κ1) is 18.4. The molecule has 1 amide bonds. The molecule has 0 aliphatic carbocycles. The predicted molar refractivity (Wildman–Crippen MR) is 101 cm³/mol. The molecular weight excluding hydrogens is 399 g/mol. The average Bonchev–Trinajstić information content (AvgIpc) is 3.02. The number of carbonyl (C=O) groups is 1. The lowest BCUT2D eigenvalue weighted by atomic mass is 10.3. The first-order chi connectivity index (χ1) is 12.4. The lowest BCUT2D eigenvalue weighted by Gasteiger charge is -2.10. The maximum atomic E-state index is 13.8. The number of carbonyl (C=O) groups excluding carboxylic acids is 1. The van der Waals surface area contributed by atoms with Crippen LogP contribution in [0, 0.1) is 5.82 Å². The van der Waals surface area contributed by atoms with Crippen LogP contribution >= 0.6 is 22.9 Å². The van der Waals surface area contributed by atoms with Gasteiger partial charge >= 0.3 is 0 Å². The molecule has 9 heteroatoms. The van der Waals surface area contributed by atoms with E-state index >= 15 is 0 Å². The molecule has 0 aliphatic rings. The van der Waals surface area contributed by atoms with Crippen LogP contribution in [0.1, 0.15) is 9.67 Å². The van der Waals surface area contributed by atoms with Crippen molar-refractivity contribution in [2.45, 2.75) is 4.90 Å². The van der Waals surface area contributed by atoms with E-state index in [0.717, 1.165) is 23.5 Å². The van der Waals surface area contributed by atoms with Gasteiger partial charge in [-0.2, -0.15) is 0 Å². The summed E-state index contributed by atoms with van der Waals surface area (Å²) in [6.07, 6.45) is 0. The second-order valence-electron chi connectivity index (χ2n) is 5.16. The van der Waals surface area contributed by atoms with Crippen molar-refractivity contribution in [2.75, 3.05) is 10.0 Å². The second kappa shape index (κ2) is 7.45. The smallest absolute Gasteiger partial charge is 0.267 e. The van der Waals surface area contributed by atoms with Crippen molar-refractivity contribution >= 4 is 50.2 Å². The van der Waals surface area contributed by atoms with E-state index in [4.69, 9.17) is 11.6 Å². The van der Waals surface area contributed by atoms with Gasteiger partial charge in [-0.15, -0.1) is 11.3 Å². The number of hydrogen-bond donors (Lipinski definition) is 2. The van der Waals surface area contributed by atoms with Gasteiger partial charge in [0.15, 0.2) is 0 Å². The fourth-order valence-electron chi connectivity index (χ4n) is 2.18. The molecule has 26 heavy (non-hydrogen) atoms. The third-order valence-electron chi connectivity index (χ3n) is 3.32. The van der Waals surface area contributed by atoms with Gasteiger partial charge in [0.2, 0.25) is 0 Å². The SMILES string of the molecule is O=C(Nc1cccc(Cl)c1)c1sccc1NS(=O)(=O)c1ccccc1F. The van der Waals surface area contributed by atoms with Crippen molar-refractivity contribution in [3.8, 4) is 0 Å². The molecule has 3 aromatic rings. The van der Waals surface area contributed by atoms with Gasteiger partial charge in [0, 0.05) is 10.7 Å². The van der Waals surface area contributed by atoms with Crippen molar-refractivity contribution < 1.29 is 17.6 Å². The van der Waals surface area contributed by atoms with Gasteiger partial charge in [-0.3, -0.25) is 9.52 Å². The van der Waals surface area contributed by atoms with Gasteiger partial charge in [-0.1, -0.05) is 29.8 Å². The molecule has 1 heterocycles. The average molecular weight is 411 g/mol. The summed E-state index contributed by atoms with van der Waals surface area (Å²) in [5, 5.41) is 4.66. The van der Waals surface area contributed by atoms with Gasteiger partial charge in [0.25, 0.3) is 15.9 Å². The van der Waals surface area contributed by atoms with E-state index in [0.29, 0.717) is 10.7 Å². The predicted octanol–water partition coefficient (Wildman–Crippen LogP) is 4.59. The minimum atomic E-state index is -4.17. The Balaban J connectivity index is 1.85. The van der Waals surface area contributed by atoms with Crippen molar-refractivity contribution in [1.29, 1.82) is 0 Å². The lowest BCUT2D eigenvalue weighted by molar-refractivity contribution is 0.103. The molecule has 0 fully saturated rings. The third kappa shape index (κ3) is 4.04. The summed E-state index contributed by atoms with van der Waals surface area (Å²) in [6.45, 7) is 0. The van der Waals surface area contributed by atoms with Gasteiger partial charge in [0.05, 0.1) is 5.69 Å². The fraction of sp³-hybridized carbons (Fsp3) is 0. The van der Waals surface area contributed by atoms with Crippen LogP contribution < -0.4 is 10.0 Å². The summed E-state index contributed by atoms with van der Waals surface area (Å²) in [5.74, 6) is -1.38. The molecule has 0 spiro atoms. The Morgan fingerprint density at radius 1 is 1.08 bits per heavy atom. The van der Waals surface area contributed by atoms with E-state index in [2.05, 4.69) is 10.0 Å². The Bertz CT molecular complexity index is 1070. The maximum Gasteiger partial charge on any atom is 0.267 e. The number of anilines is 2. The minimum Gasteiger partial charge on any atom is -0.321 e. The highest BCUT2D eigenvalue weighted by atomic mass is 35.5. The van der Waals surface area contributed by atoms with Gasteiger partial charge in [-0.05, 0) is 41.8 Å². The number of nitrogens with one attached hydrogen (secondary N) is 2. The fourth-order valence-corrected chi connectivity index (χ4v) is 4.33. The van der Waals surface area contributed by atoms with Crippen LogP contribution in [-0.4, -0.2) is 14.3 Å². The van der Waals surface area contributed by atoms with E-state index < -0.39 is 26.6 Å². The summed E-state index contributed by atoms with van der Waals surface area (Å²) in [7, 11) is -4.17. The molecule has 0 atom stereocenters. The third-order valence-corrected chi connectivity index (χ3v) is 5.87. The molecule has 0 unspecified atom stereocenters. The molecule has 1 aromatic heterocycles. The Morgan fingerprint density at radius 3 is 2.58 bits per heavy atom. The quantitative estimate of drug-likeness (QED) is 0.645. The zero-order valence-corrected chi connectivity index (χ0v) is 15.5. The van der Waals surface area contributed by atoms with Gasteiger partial charge < -0.3 is 5.32 Å². The van der Waals surface area contributed by atoms with Crippen LogP contribution in [0.5, 0.6) is 0 Å². The van der Waals surface area contributed by atoms with E-state index in [1.165, 1.54) is 18.2 Å². The Kier molecular flexibility index (Phi) is 5.26. The van der Waals surface area contributed by atoms with Crippen LogP contribution in [-0.2, 0) is 10.0 Å². The van der Waals surface area contributed by atoms with Crippen molar-refractivity contribution in [3.05, 3.63) is 75.7 Å². The van der Waals surface area contributed by atoms with Gasteiger partial charge in [0.1, 0.15) is 15.6 Å². The standard InChI is InChI=1S/C17H12ClFN2O3S2/c18-11-4-3-5-12(10-11)20-17(22)16-14(8-9-25-16)21-26(23,24)15-7-2-1-6-13(15)19/h1-10,21H,(H,20,22). The lowest BCUT2D eigenvalue weighted by Crippen LogP contribution is -2.17. The monoisotopic (exact) mass is 410 g/mol. The van der Waals surface area contributed by atoms with Crippen LogP contribution in [0.2, 0.25) is 5.02 Å². The molecule has 3 rings (SSSR count). The van der Waals surface area contributed by atoms with Crippen molar-refractivity contribution in [2.24, 2.45) is 0 Å². The Labute approximate surface area is 158 Å². The highest BCUT2D eigenvalue weighted by molar-refractivity contribution is 7.92. The molecular formula is C17H12ClFN2O3S2. The number of amides is 1. The topological polar surface area (TPSA) is 75.3 Å². The zero-order valence-electron chi connectivity index (χ0n) is 13.1. The highest BCUT2D eigenvalue weighted by Gasteiger charge is 2.22. The van der Waals surface area contributed by atoms with E-state index in [9.17, 15) is 17.6 Å². The van der Waals surface area contributed by atoms with E-state index in [-0.39, 0.29) is 10.6 Å². The van der Waals surface area contributed by atoms with Crippen molar-refractivity contribution in [1.82, 2.24) is 0 Å². The first-order valence-electron chi connectivity index (χ1n) is 7.28. The van der Waals surface area contributed by atoms with Crippen LogP contribution in [0.4, 0.5) is 15.8 Å². The number of thiophene rings is 1. The van der Waals surface area contributed by atoms with Crippen LogP contribution in [0.15, 0.2) is 64.9 Å². The van der Waals surface area contributed by atoms with Crippen molar-refractivity contribution in [3.63, 3.8) is 0 Å². The molecule has 134 valence electrons. The molecule has 2 N–H and O–H groups in total. The molecule has 0 saturated heterocycles. The van der Waals surface area contributed by atoms with E-state index in [1.807, 2.05) is 0 Å². The molecule has 2 aromatic carbocycles. The maximum absolute atomic E-state index is 13.8. The second-order valence-corrected chi connectivity index (χ2v) is 8.17. The molecule has 0 aliphatic heterocycles. The van der Waals surface area contributed by atoms with Crippen LogP contribution in [0.25, 0.3) is 0 Å². The summed E-state index contributed by atoms with van der Waals surface area (Å²) >= 11 is 6.93. The number of sulfonamides is 1. The van der Waals surface area contributed by atoms with Crippen LogP contribution in [0.3, 0.4) is 0 Å². The highest BCUT2D eigenvalue weighted by Crippen LogP contribution is 2.27. The number of hydrogen-bond acceptors (Lipinski definition) is 4. The Hall–Kier alpha value is -2.42. The zero-order chi connectivity index (χ0) is 18.7. The largest absolute Gasteiger partial charge is 0.321 e. The summed E-state index contributed by atoms with van der Waals surface area (Å²) < 4.78 is 40.9. The Morgan fingerprint density at radius 2 is 1.85 bits per heavy atom. The summed E-state index contributed by atoms with van der Waals surface area (Å²) in [4.78, 5) is 12.1. The number of rotatable bonds is 5. The van der Waals surface area contributed by atoms with Gasteiger partial charge in [-0.25, -0.2) is 12.8 Å². The first-order valence-corrected chi connectivity index (χ1v) is 10.0. The number of benzene rings is 2. The number of halogens is 2. The molecule has 0 saturated carbocycles. The molecule has 0 bridgehead atoms. The molecule has 5 nitrogen and oxygen atoms in total. The summed E-state index contributed by atoms with van der Waals surface area (Å²) in [6, 6.07) is 13.0. The summed E-state index contributed by atoms with van der Waals surface area (Å²) in [5.41, 5.74) is 0.539. The van der Waals surface area contributed by atoms with E-state index in [1.54, 1.807) is 29.6 Å². The minimum absolute atomic E-state index is 0.0674. The normalized spacial score (nSPS) is 11.2. The molecule has 0 radical (unpaired) electrons.